The van der Waals surface area contributed by atoms with E-state index in [1.54, 1.807) is 47.3 Å². The molecular weight excluding hydrogens is 524 g/mol. The molecule has 4 aromatic rings. The lowest BCUT2D eigenvalue weighted by Gasteiger charge is -2.14. The van der Waals surface area contributed by atoms with Gasteiger partial charge in [0.2, 0.25) is 0 Å². The zero-order valence-electron chi connectivity index (χ0n) is 20.9. The summed E-state index contributed by atoms with van der Waals surface area (Å²) in [6.45, 7) is 0. The minimum Gasteiger partial charge on any atom is -0.504 e. The smallest absolute Gasteiger partial charge is 0.267 e. The maximum Gasteiger partial charge on any atom is 0.267 e. The van der Waals surface area contributed by atoms with Gasteiger partial charge in [0.25, 0.3) is 11.5 Å². The molecule has 0 atom stereocenters. The number of aromatic hydroxyl groups is 1. The van der Waals surface area contributed by atoms with Gasteiger partial charge in [-0.25, -0.2) is 10.4 Å². The van der Waals surface area contributed by atoms with E-state index in [1.165, 1.54) is 36.0 Å². The second kappa shape index (κ2) is 11.3. The number of nitrogens with one attached hydrogen (secondary N) is 1. The van der Waals surface area contributed by atoms with Gasteiger partial charge in [0.15, 0.2) is 16.7 Å². The number of thiophene rings is 1. The van der Waals surface area contributed by atoms with Crippen LogP contribution >= 0.6 is 23.1 Å². The molecule has 196 valence electrons. The van der Waals surface area contributed by atoms with E-state index in [2.05, 4.69) is 10.5 Å². The number of hydrogen-bond donors (Lipinski definition) is 2. The molecule has 1 amide bonds. The molecule has 2 aromatic heterocycles. The molecule has 1 aliphatic carbocycles. The van der Waals surface area contributed by atoms with Gasteiger partial charge in [-0.05, 0) is 79.3 Å². The summed E-state index contributed by atoms with van der Waals surface area (Å²) < 4.78 is 11.9. The number of fused-ring (bicyclic) bond motifs is 3. The van der Waals surface area contributed by atoms with Crippen LogP contribution in [0.25, 0.3) is 15.9 Å². The van der Waals surface area contributed by atoms with Crippen molar-refractivity contribution in [2.75, 3.05) is 20.0 Å². The van der Waals surface area contributed by atoms with Crippen molar-refractivity contribution in [3.63, 3.8) is 0 Å². The second-order valence-electron chi connectivity index (χ2n) is 8.64. The number of hydrogen-bond acceptors (Lipinski definition) is 9. The number of rotatable bonds is 8. The Balaban J connectivity index is 1.40. The minimum atomic E-state index is -0.349. The van der Waals surface area contributed by atoms with Gasteiger partial charge in [0, 0.05) is 4.88 Å². The van der Waals surface area contributed by atoms with Crippen molar-refractivity contribution in [3.8, 4) is 22.9 Å². The zero-order valence-corrected chi connectivity index (χ0v) is 22.5. The quantitative estimate of drug-likeness (QED) is 0.146. The van der Waals surface area contributed by atoms with Gasteiger partial charge in [-0.1, -0.05) is 11.8 Å². The number of carbonyl (C=O) groups is 1. The van der Waals surface area contributed by atoms with E-state index in [0.29, 0.717) is 38.1 Å². The van der Waals surface area contributed by atoms with E-state index < -0.39 is 0 Å². The van der Waals surface area contributed by atoms with E-state index in [1.807, 2.05) is 12.1 Å². The SMILES string of the molecule is COc1ccc(-n2c(SCC(=O)N/N=C/c3ccc(O)c(OC)c3)nc3sc4c(c3c2=O)CCCC4)cc1. The van der Waals surface area contributed by atoms with Crippen molar-refractivity contribution in [3.05, 3.63) is 68.8 Å². The Morgan fingerprint density at radius 1 is 1.18 bits per heavy atom. The van der Waals surface area contributed by atoms with Crippen molar-refractivity contribution >= 4 is 45.4 Å². The minimum absolute atomic E-state index is 0.00935. The molecular formula is C27H26N4O5S2. The Morgan fingerprint density at radius 2 is 1.97 bits per heavy atom. The lowest BCUT2D eigenvalue weighted by Crippen LogP contribution is -2.24. The number of benzene rings is 2. The van der Waals surface area contributed by atoms with Crippen LogP contribution < -0.4 is 20.5 Å². The molecule has 2 aromatic carbocycles. The van der Waals surface area contributed by atoms with Crippen LogP contribution in [0.3, 0.4) is 0 Å². The predicted molar refractivity (Wildman–Crippen MR) is 150 cm³/mol. The molecule has 38 heavy (non-hydrogen) atoms. The Labute approximate surface area is 227 Å². The van der Waals surface area contributed by atoms with Crippen LogP contribution in [0.1, 0.15) is 28.8 Å². The summed E-state index contributed by atoms with van der Waals surface area (Å²) in [6.07, 6.45) is 5.49. The van der Waals surface area contributed by atoms with Gasteiger partial charge in [-0.15, -0.1) is 11.3 Å². The topological polar surface area (TPSA) is 115 Å². The number of phenols is 1. The third kappa shape index (κ3) is 5.25. The molecule has 0 unspecified atom stereocenters. The maximum atomic E-state index is 13.8. The monoisotopic (exact) mass is 550 g/mol. The third-order valence-corrected chi connectivity index (χ3v) is 8.35. The van der Waals surface area contributed by atoms with Crippen LogP contribution in [0, 0.1) is 0 Å². The number of aryl methyl sites for hydroxylation is 2. The Bertz CT molecular complexity index is 1580. The third-order valence-electron chi connectivity index (χ3n) is 6.23. The van der Waals surface area contributed by atoms with Crippen molar-refractivity contribution in [2.24, 2.45) is 5.10 Å². The summed E-state index contributed by atoms with van der Waals surface area (Å²) in [5.74, 6) is 0.669. The number of nitrogens with zero attached hydrogens (tertiary/aromatic N) is 3. The van der Waals surface area contributed by atoms with Crippen LogP contribution in [0.15, 0.2) is 57.5 Å². The largest absolute Gasteiger partial charge is 0.504 e. The molecule has 0 saturated heterocycles. The number of thioether (sulfide) groups is 1. The molecule has 5 rings (SSSR count). The van der Waals surface area contributed by atoms with Crippen LogP contribution in [0.5, 0.6) is 17.2 Å². The van der Waals surface area contributed by atoms with Gasteiger partial charge in [0.1, 0.15) is 10.6 Å². The van der Waals surface area contributed by atoms with Gasteiger partial charge >= 0.3 is 0 Å². The standard InChI is InChI=1S/C27H26N4O5S2/c1-35-18-10-8-17(9-11-18)31-26(34)24-19-5-3-4-6-22(19)38-25(24)29-27(31)37-15-23(33)30-28-14-16-7-12-20(32)21(13-16)36-2/h7-14,32H,3-6,15H2,1-2H3,(H,30,33)/b28-14+. The first-order valence-corrected chi connectivity index (χ1v) is 13.8. The number of ether oxygens (including phenoxy) is 2. The fraction of sp³-hybridized carbons (Fsp3) is 0.259. The first kappa shape index (κ1) is 25.8. The van der Waals surface area contributed by atoms with Crippen LogP contribution in [-0.4, -0.2) is 46.8 Å². The first-order chi connectivity index (χ1) is 18.5. The van der Waals surface area contributed by atoms with E-state index in [4.69, 9.17) is 14.5 Å². The highest BCUT2D eigenvalue weighted by molar-refractivity contribution is 7.99. The van der Waals surface area contributed by atoms with Gasteiger partial charge in [-0.2, -0.15) is 5.10 Å². The average Bonchev–Trinajstić information content (AvgIpc) is 3.31. The number of methoxy groups -OCH3 is 2. The van der Waals surface area contributed by atoms with Crippen molar-refractivity contribution in [1.82, 2.24) is 15.0 Å². The lowest BCUT2D eigenvalue weighted by molar-refractivity contribution is -0.118. The molecule has 9 nitrogen and oxygen atoms in total. The molecule has 0 fully saturated rings. The summed E-state index contributed by atoms with van der Waals surface area (Å²) in [5.41, 5.74) is 4.79. The summed E-state index contributed by atoms with van der Waals surface area (Å²) in [6, 6.07) is 12.0. The molecule has 0 aliphatic heterocycles. The fourth-order valence-electron chi connectivity index (χ4n) is 4.36. The molecule has 11 heteroatoms. The predicted octanol–water partition coefficient (Wildman–Crippen LogP) is 4.29. The van der Waals surface area contributed by atoms with Gasteiger partial charge < -0.3 is 14.6 Å². The van der Waals surface area contributed by atoms with Crippen molar-refractivity contribution in [2.45, 2.75) is 30.8 Å². The fourth-order valence-corrected chi connectivity index (χ4v) is 6.47. The van der Waals surface area contributed by atoms with Gasteiger partial charge in [0.05, 0.1) is 37.3 Å². The Hall–Kier alpha value is -3.83. The van der Waals surface area contributed by atoms with Crippen LogP contribution in [0.2, 0.25) is 0 Å². The number of hydrazone groups is 1. The molecule has 2 N–H and O–H groups in total. The van der Waals surface area contributed by atoms with E-state index >= 15 is 0 Å². The highest BCUT2D eigenvalue weighted by atomic mass is 32.2. The number of phenolic OH excluding ortho intramolecular Hbond substituents is 1. The highest BCUT2D eigenvalue weighted by Crippen LogP contribution is 2.35. The molecule has 0 spiro atoms. The summed E-state index contributed by atoms with van der Waals surface area (Å²) >= 11 is 2.76. The zero-order chi connectivity index (χ0) is 26.6. The van der Waals surface area contributed by atoms with Gasteiger partial charge in [-0.3, -0.25) is 14.2 Å². The maximum absolute atomic E-state index is 13.8. The number of carbonyl (C=O) groups excluding carboxylic acids is 1. The molecule has 0 radical (unpaired) electrons. The van der Waals surface area contributed by atoms with Crippen LogP contribution in [0.4, 0.5) is 0 Å². The molecule has 0 saturated carbocycles. The molecule has 1 aliphatic rings. The molecule has 2 heterocycles. The van der Waals surface area contributed by atoms with Crippen molar-refractivity contribution in [1.29, 1.82) is 0 Å². The normalized spacial score (nSPS) is 13.0. The Morgan fingerprint density at radius 3 is 2.74 bits per heavy atom. The summed E-state index contributed by atoms with van der Waals surface area (Å²) in [4.78, 5) is 33.2. The second-order valence-corrected chi connectivity index (χ2v) is 10.7. The number of aromatic nitrogens is 2. The van der Waals surface area contributed by atoms with E-state index in [0.717, 1.165) is 31.2 Å². The summed E-state index contributed by atoms with van der Waals surface area (Å²) in [5, 5.41) is 14.8. The first-order valence-electron chi connectivity index (χ1n) is 12.0. The Kier molecular flexibility index (Phi) is 7.66. The van der Waals surface area contributed by atoms with E-state index in [9.17, 15) is 14.7 Å². The highest BCUT2D eigenvalue weighted by Gasteiger charge is 2.23. The number of amides is 1. The van der Waals surface area contributed by atoms with Crippen molar-refractivity contribution < 1.29 is 19.4 Å². The van der Waals surface area contributed by atoms with Crippen LogP contribution in [-0.2, 0) is 17.6 Å². The molecule has 0 bridgehead atoms. The summed E-state index contributed by atoms with van der Waals surface area (Å²) in [7, 11) is 3.05. The van der Waals surface area contributed by atoms with E-state index in [-0.39, 0.29) is 23.0 Å². The average molecular weight is 551 g/mol. The lowest BCUT2D eigenvalue weighted by atomic mass is 9.97.